The van der Waals surface area contributed by atoms with Crippen molar-refractivity contribution in [3.8, 4) is 0 Å². The van der Waals surface area contributed by atoms with Gasteiger partial charge >= 0.3 is 5.97 Å². The number of amidine groups is 1. The number of carbonyl (C=O) groups excluding carboxylic acids is 2. The van der Waals surface area contributed by atoms with Gasteiger partial charge in [-0.3, -0.25) is 9.59 Å². The van der Waals surface area contributed by atoms with Crippen molar-refractivity contribution < 1.29 is 18.7 Å². The molecule has 3 aromatic rings. The van der Waals surface area contributed by atoms with Crippen LogP contribution in [0.5, 0.6) is 0 Å². The number of thioether (sulfide) groups is 1. The Labute approximate surface area is 182 Å². The van der Waals surface area contributed by atoms with Crippen LogP contribution in [-0.4, -0.2) is 28.2 Å². The molecule has 1 aromatic heterocycles. The molecule has 2 aromatic carbocycles. The number of halogens is 1. The molecule has 0 atom stereocenters. The van der Waals surface area contributed by atoms with Crippen LogP contribution < -0.4 is 5.32 Å². The summed E-state index contributed by atoms with van der Waals surface area (Å²) in [5.74, 6) is -1.08. The standard InChI is InChI=1S/C23H20FN3O3S/c1-3-30-21(28)13-27-14(2)16(15-8-4-7-11-19(15)27)12-20-22(29)26-23(31-20)25-18-10-6-5-9-17(18)24/h4-12H,3,13H2,1-2H3,(H,25,26,29)/b20-12-. The topological polar surface area (TPSA) is 72.7 Å². The van der Waals surface area contributed by atoms with Crippen LogP contribution in [0.2, 0.25) is 0 Å². The van der Waals surface area contributed by atoms with E-state index in [1.54, 1.807) is 31.2 Å². The lowest BCUT2D eigenvalue weighted by atomic mass is 10.1. The van der Waals surface area contributed by atoms with E-state index in [0.717, 1.165) is 33.9 Å². The Balaban J connectivity index is 1.71. The number of benzene rings is 2. The van der Waals surface area contributed by atoms with Gasteiger partial charge in [0.15, 0.2) is 5.17 Å². The lowest BCUT2D eigenvalue weighted by molar-refractivity contribution is -0.143. The molecule has 8 heteroatoms. The highest BCUT2D eigenvalue weighted by molar-refractivity contribution is 8.18. The molecular formula is C23H20FN3O3S. The Morgan fingerprint density at radius 2 is 1.97 bits per heavy atom. The summed E-state index contributed by atoms with van der Waals surface area (Å²) in [4.78, 5) is 29.3. The molecule has 1 amide bonds. The van der Waals surface area contributed by atoms with Gasteiger partial charge in [-0.2, -0.15) is 0 Å². The number of nitrogens with zero attached hydrogens (tertiary/aromatic N) is 2. The number of amides is 1. The van der Waals surface area contributed by atoms with Gasteiger partial charge in [-0.15, -0.1) is 0 Å². The van der Waals surface area contributed by atoms with Crippen molar-refractivity contribution in [1.29, 1.82) is 0 Å². The van der Waals surface area contributed by atoms with Gasteiger partial charge in [0.25, 0.3) is 5.91 Å². The van der Waals surface area contributed by atoms with E-state index in [4.69, 9.17) is 4.74 Å². The minimum absolute atomic E-state index is 0.0860. The minimum atomic E-state index is -0.458. The number of hydrogen-bond acceptors (Lipinski definition) is 5. The predicted molar refractivity (Wildman–Crippen MR) is 121 cm³/mol. The molecule has 1 fully saturated rings. The molecule has 0 aliphatic carbocycles. The third kappa shape index (κ3) is 4.25. The number of para-hydroxylation sites is 2. The van der Waals surface area contributed by atoms with Gasteiger partial charge in [-0.1, -0.05) is 30.3 Å². The summed E-state index contributed by atoms with van der Waals surface area (Å²) < 4.78 is 20.9. The summed E-state index contributed by atoms with van der Waals surface area (Å²) in [5.41, 5.74) is 2.72. The van der Waals surface area contributed by atoms with Crippen LogP contribution >= 0.6 is 11.8 Å². The van der Waals surface area contributed by atoms with Crippen molar-refractivity contribution in [2.24, 2.45) is 4.99 Å². The van der Waals surface area contributed by atoms with Gasteiger partial charge < -0.3 is 14.6 Å². The number of esters is 1. The highest BCUT2D eigenvalue weighted by Crippen LogP contribution is 2.33. The smallest absolute Gasteiger partial charge is 0.325 e. The first-order valence-electron chi connectivity index (χ1n) is 9.75. The maximum absolute atomic E-state index is 13.9. The number of ether oxygens (including phenoxy) is 1. The predicted octanol–water partition coefficient (Wildman–Crippen LogP) is 4.54. The second kappa shape index (κ2) is 8.77. The zero-order valence-electron chi connectivity index (χ0n) is 17.0. The molecule has 158 valence electrons. The Bertz CT molecular complexity index is 1250. The number of fused-ring (bicyclic) bond motifs is 1. The highest BCUT2D eigenvalue weighted by Gasteiger charge is 2.25. The normalized spacial score (nSPS) is 16.3. The molecule has 0 spiro atoms. The Morgan fingerprint density at radius 1 is 1.23 bits per heavy atom. The summed E-state index contributed by atoms with van der Waals surface area (Å²) in [5, 5.41) is 3.92. The molecule has 1 aliphatic heterocycles. The summed E-state index contributed by atoms with van der Waals surface area (Å²) in [6, 6.07) is 13.8. The van der Waals surface area contributed by atoms with Crippen molar-refractivity contribution in [2.45, 2.75) is 20.4 Å². The molecule has 2 heterocycles. The summed E-state index contributed by atoms with van der Waals surface area (Å²) in [7, 11) is 0. The van der Waals surface area contributed by atoms with Gasteiger partial charge in [0.1, 0.15) is 18.0 Å². The number of carbonyl (C=O) groups is 2. The summed E-state index contributed by atoms with van der Waals surface area (Å²) >= 11 is 1.15. The second-order valence-electron chi connectivity index (χ2n) is 6.84. The lowest BCUT2D eigenvalue weighted by Crippen LogP contribution is -2.19. The van der Waals surface area contributed by atoms with Crippen molar-refractivity contribution in [2.75, 3.05) is 6.61 Å². The largest absolute Gasteiger partial charge is 0.465 e. The van der Waals surface area contributed by atoms with E-state index in [0.29, 0.717) is 16.7 Å². The first kappa shape index (κ1) is 20.9. The maximum atomic E-state index is 13.9. The molecule has 1 aliphatic rings. The SMILES string of the molecule is CCOC(=O)Cn1c(C)c(/C=C2\SC(=Nc3ccccc3F)NC2=O)c2ccccc21. The van der Waals surface area contributed by atoms with Crippen LogP contribution in [0.3, 0.4) is 0 Å². The van der Waals surface area contributed by atoms with E-state index < -0.39 is 5.82 Å². The van der Waals surface area contributed by atoms with E-state index in [2.05, 4.69) is 10.3 Å². The Hall–Kier alpha value is -3.39. The Kier molecular flexibility index (Phi) is 5.90. The fourth-order valence-corrected chi connectivity index (χ4v) is 4.26. The van der Waals surface area contributed by atoms with E-state index >= 15 is 0 Å². The molecule has 0 saturated carbocycles. The maximum Gasteiger partial charge on any atom is 0.325 e. The van der Waals surface area contributed by atoms with E-state index in [1.165, 1.54) is 6.07 Å². The molecular weight excluding hydrogens is 417 g/mol. The molecule has 0 radical (unpaired) electrons. The average molecular weight is 437 g/mol. The van der Waals surface area contributed by atoms with Crippen LogP contribution in [0.25, 0.3) is 17.0 Å². The van der Waals surface area contributed by atoms with Crippen LogP contribution in [-0.2, 0) is 20.9 Å². The van der Waals surface area contributed by atoms with Crippen LogP contribution in [0.1, 0.15) is 18.2 Å². The average Bonchev–Trinajstić information content (AvgIpc) is 3.22. The number of nitrogens with one attached hydrogen (secondary N) is 1. The Morgan fingerprint density at radius 3 is 2.74 bits per heavy atom. The van der Waals surface area contributed by atoms with Crippen molar-refractivity contribution in [3.63, 3.8) is 0 Å². The molecule has 31 heavy (non-hydrogen) atoms. The summed E-state index contributed by atoms with van der Waals surface area (Å²) in [6.07, 6.45) is 1.78. The zero-order chi connectivity index (χ0) is 22.0. The second-order valence-corrected chi connectivity index (χ2v) is 7.87. The number of aliphatic imine (C=N–C) groups is 1. The minimum Gasteiger partial charge on any atom is -0.465 e. The molecule has 1 saturated heterocycles. The fraction of sp³-hybridized carbons (Fsp3) is 0.174. The number of hydrogen-bond donors (Lipinski definition) is 1. The first-order valence-corrected chi connectivity index (χ1v) is 10.6. The van der Waals surface area contributed by atoms with Crippen molar-refractivity contribution in [3.05, 3.63) is 70.5 Å². The molecule has 1 N–H and O–H groups in total. The molecule has 4 rings (SSSR count). The van der Waals surface area contributed by atoms with Gasteiger partial charge in [0, 0.05) is 22.2 Å². The van der Waals surface area contributed by atoms with Crippen LogP contribution in [0, 0.1) is 12.7 Å². The van der Waals surface area contributed by atoms with Gasteiger partial charge in [-0.25, -0.2) is 9.38 Å². The van der Waals surface area contributed by atoms with Crippen molar-refractivity contribution in [1.82, 2.24) is 9.88 Å². The van der Waals surface area contributed by atoms with Gasteiger partial charge in [0.05, 0.1) is 11.5 Å². The lowest BCUT2D eigenvalue weighted by Gasteiger charge is -2.07. The quantitative estimate of drug-likeness (QED) is 0.470. The van der Waals surface area contributed by atoms with E-state index in [1.807, 2.05) is 35.8 Å². The van der Waals surface area contributed by atoms with E-state index in [9.17, 15) is 14.0 Å². The first-order chi connectivity index (χ1) is 15.0. The molecule has 0 bridgehead atoms. The summed E-state index contributed by atoms with van der Waals surface area (Å²) in [6.45, 7) is 4.07. The monoisotopic (exact) mass is 437 g/mol. The third-order valence-electron chi connectivity index (χ3n) is 4.87. The molecule has 0 unspecified atom stereocenters. The fourth-order valence-electron chi connectivity index (χ4n) is 3.44. The van der Waals surface area contributed by atoms with Gasteiger partial charge in [-0.05, 0) is 49.9 Å². The zero-order valence-corrected chi connectivity index (χ0v) is 17.8. The van der Waals surface area contributed by atoms with E-state index in [-0.39, 0.29) is 24.1 Å². The van der Waals surface area contributed by atoms with Gasteiger partial charge in [0.2, 0.25) is 0 Å². The van der Waals surface area contributed by atoms with Crippen LogP contribution in [0.4, 0.5) is 10.1 Å². The number of aromatic nitrogens is 1. The number of rotatable bonds is 5. The highest BCUT2D eigenvalue weighted by atomic mass is 32.2. The third-order valence-corrected chi connectivity index (χ3v) is 5.78. The molecule has 6 nitrogen and oxygen atoms in total. The van der Waals surface area contributed by atoms with Crippen LogP contribution in [0.15, 0.2) is 58.4 Å². The van der Waals surface area contributed by atoms with Crippen molar-refractivity contribution >= 4 is 51.5 Å².